The van der Waals surface area contributed by atoms with Crippen LogP contribution in [-0.2, 0) is 11.3 Å². The monoisotopic (exact) mass is 264 g/mol. The smallest absolute Gasteiger partial charge is 0.125 e. The summed E-state index contributed by atoms with van der Waals surface area (Å²) in [7, 11) is 0. The van der Waals surface area contributed by atoms with Gasteiger partial charge in [0.2, 0.25) is 0 Å². The van der Waals surface area contributed by atoms with E-state index in [-0.39, 0.29) is 0 Å². The number of hydrogen-bond acceptors (Lipinski definition) is 4. The summed E-state index contributed by atoms with van der Waals surface area (Å²) in [5.41, 5.74) is 9.18. The molecule has 1 aliphatic heterocycles. The summed E-state index contributed by atoms with van der Waals surface area (Å²) in [5.74, 6) is 1.01. The van der Waals surface area contributed by atoms with Crippen LogP contribution in [0.1, 0.15) is 16.7 Å². The highest BCUT2D eigenvalue weighted by Crippen LogP contribution is 2.24. The highest BCUT2D eigenvalue weighted by molar-refractivity contribution is 5.43. The quantitative estimate of drug-likeness (QED) is 0.875. The van der Waals surface area contributed by atoms with Crippen LogP contribution in [0.25, 0.3) is 0 Å². The summed E-state index contributed by atoms with van der Waals surface area (Å²) >= 11 is 0. The minimum atomic E-state index is 0.579. The fourth-order valence-corrected chi connectivity index (χ4v) is 2.49. The second-order valence-corrected chi connectivity index (χ2v) is 5.07. The Balaban J connectivity index is 1.88. The zero-order chi connectivity index (χ0) is 13.7. The van der Waals surface area contributed by atoms with Crippen LogP contribution in [0.2, 0.25) is 0 Å². The molecule has 1 aliphatic rings. The van der Waals surface area contributed by atoms with E-state index in [0.717, 1.165) is 50.8 Å². The molecule has 0 bridgehead atoms. The third kappa shape index (κ3) is 3.93. The number of nitrogens with zero attached hydrogens (tertiary/aromatic N) is 1. The first-order chi connectivity index (χ1) is 9.20. The molecule has 0 aromatic heterocycles. The molecule has 19 heavy (non-hydrogen) atoms. The van der Waals surface area contributed by atoms with Crippen LogP contribution in [0.3, 0.4) is 0 Å². The second-order valence-electron chi connectivity index (χ2n) is 5.07. The minimum Gasteiger partial charge on any atom is -0.492 e. The number of benzene rings is 1. The van der Waals surface area contributed by atoms with Crippen LogP contribution >= 0.6 is 0 Å². The van der Waals surface area contributed by atoms with Crippen molar-refractivity contribution in [3.8, 4) is 5.75 Å². The zero-order valence-electron chi connectivity index (χ0n) is 11.9. The second kappa shape index (κ2) is 6.89. The third-order valence-electron chi connectivity index (χ3n) is 3.51. The lowest BCUT2D eigenvalue weighted by Crippen LogP contribution is -2.38. The van der Waals surface area contributed by atoms with Crippen molar-refractivity contribution in [1.82, 2.24) is 4.90 Å². The minimum absolute atomic E-state index is 0.579. The Kier molecular flexibility index (Phi) is 5.19. The van der Waals surface area contributed by atoms with Gasteiger partial charge in [-0.25, -0.2) is 0 Å². The third-order valence-corrected chi connectivity index (χ3v) is 3.51. The van der Waals surface area contributed by atoms with E-state index in [1.165, 1.54) is 11.1 Å². The predicted molar refractivity (Wildman–Crippen MR) is 76.6 cm³/mol. The molecule has 0 saturated carbocycles. The molecule has 0 amide bonds. The molecule has 2 N–H and O–H groups in total. The number of hydrogen-bond donors (Lipinski definition) is 1. The van der Waals surface area contributed by atoms with E-state index < -0.39 is 0 Å². The van der Waals surface area contributed by atoms with E-state index in [1.54, 1.807) is 0 Å². The Morgan fingerprint density at radius 1 is 1.21 bits per heavy atom. The molecule has 106 valence electrons. The molecule has 2 rings (SSSR count). The van der Waals surface area contributed by atoms with Gasteiger partial charge in [0.1, 0.15) is 12.4 Å². The maximum Gasteiger partial charge on any atom is 0.125 e. The van der Waals surface area contributed by atoms with Crippen LogP contribution in [0.15, 0.2) is 12.1 Å². The van der Waals surface area contributed by atoms with Crippen molar-refractivity contribution < 1.29 is 9.47 Å². The Hall–Kier alpha value is -1.10. The summed E-state index contributed by atoms with van der Waals surface area (Å²) in [5, 5.41) is 0. The maximum absolute atomic E-state index is 5.95. The maximum atomic E-state index is 5.95. The Bertz CT molecular complexity index is 392. The van der Waals surface area contributed by atoms with Crippen molar-refractivity contribution >= 4 is 0 Å². The molecule has 1 fully saturated rings. The van der Waals surface area contributed by atoms with Crippen LogP contribution in [0.5, 0.6) is 5.75 Å². The molecular weight excluding hydrogens is 240 g/mol. The SMILES string of the molecule is Cc1cc(CN)cc(C)c1OCCN1CCOCC1. The van der Waals surface area contributed by atoms with E-state index in [0.29, 0.717) is 6.54 Å². The van der Waals surface area contributed by atoms with Crippen LogP contribution < -0.4 is 10.5 Å². The van der Waals surface area contributed by atoms with Crippen molar-refractivity contribution in [3.63, 3.8) is 0 Å². The molecule has 4 heteroatoms. The molecule has 4 nitrogen and oxygen atoms in total. The summed E-state index contributed by atoms with van der Waals surface area (Å²) in [6, 6.07) is 4.22. The molecule has 0 atom stereocenters. The van der Waals surface area contributed by atoms with E-state index in [2.05, 4.69) is 30.9 Å². The van der Waals surface area contributed by atoms with Crippen LogP contribution in [0.4, 0.5) is 0 Å². The summed E-state index contributed by atoms with van der Waals surface area (Å²) in [6.07, 6.45) is 0. The molecule has 1 aromatic rings. The molecule has 1 heterocycles. The van der Waals surface area contributed by atoms with Gasteiger partial charge in [-0.2, -0.15) is 0 Å². The highest BCUT2D eigenvalue weighted by Gasteiger charge is 2.11. The molecule has 1 saturated heterocycles. The lowest BCUT2D eigenvalue weighted by molar-refractivity contribution is 0.0322. The first-order valence-corrected chi connectivity index (χ1v) is 6.94. The van der Waals surface area contributed by atoms with E-state index in [1.807, 2.05) is 0 Å². The van der Waals surface area contributed by atoms with Gasteiger partial charge in [0, 0.05) is 26.2 Å². The van der Waals surface area contributed by atoms with Crippen molar-refractivity contribution in [2.45, 2.75) is 20.4 Å². The predicted octanol–water partition coefficient (Wildman–Crippen LogP) is 1.47. The van der Waals surface area contributed by atoms with Crippen molar-refractivity contribution in [2.24, 2.45) is 5.73 Å². The number of morpholine rings is 1. The van der Waals surface area contributed by atoms with Gasteiger partial charge in [-0.3, -0.25) is 4.90 Å². The van der Waals surface area contributed by atoms with E-state index in [9.17, 15) is 0 Å². The lowest BCUT2D eigenvalue weighted by Gasteiger charge is -2.26. The van der Waals surface area contributed by atoms with Gasteiger partial charge in [0.15, 0.2) is 0 Å². The van der Waals surface area contributed by atoms with Crippen molar-refractivity contribution in [3.05, 3.63) is 28.8 Å². The van der Waals surface area contributed by atoms with Gasteiger partial charge >= 0.3 is 0 Å². The van der Waals surface area contributed by atoms with Crippen molar-refractivity contribution in [1.29, 1.82) is 0 Å². The highest BCUT2D eigenvalue weighted by atomic mass is 16.5. The molecular formula is C15H24N2O2. The first-order valence-electron chi connectivity index (χ1n) is 6.94. The summed E-state index contributed by atoms with van der Waals surface area (Å²) in [4.78, 5) is 2.38. The number of rotatable bonds is 5. The fraction of sp³-hybridized carbons (Fsp3) is 0.600. The number of aryl methyl sites for hydroxylation is 2. The van der Waals surface area contributed by atoms with Crippen molar-refractivity contribution in [2.75, 3.05) is 39.5 Å². The van der Waals surface area contributed by atoms with E-state index >= 15 is 0 Å². The fourth-order valence-electron chi connectivity index (χ4n) is 2.49. The molecule has 0 unspecified atom stereocenters. The average Bonchev–Trinajstić information content (AvgIpc) is 2.42. The summed E-state index contributed by atoms with van der Waals surface area (Å²) < 4.78 is 11.3. The molecule has 0 spiro atoms. The number of ether oxygens (including phenoxy) is 2. The van der Waals surface area contributed by atoms with Gasteiger partial charge in [-0.05, 0) is 30.5 Å². The van der Waals surface area contributed by atoms with Crippen LogP contribution in [0, 0.1) is 13.8 Å². The van der Waals surface area contributed by atoms with Crippen LogP contribution in [-0.4, -0.2) is 44.4 Å². The van der Waals surface area contributed by atoms with Gasteiger partial charge in [0.05, 0.1) is 13.2 Å². The average molecular weight is 264 g/mol. The first kappa shape index (κ1) is 14.3. The standard InChI is InChI=1S/C15H24N2O2/c1-12-9-14(11-16)10-13(2)15(12)19-8-5-17-3-6-18-7-4-17/h9-10H,3-8,11,16H2,1-2H3. The van der Waals surface area contributed by atoms with Gasteiger partial charge in [0.25, 0.3) is 0 Å². The van der Waals surface area contributed by atoms with Gasteiger partial charge in [-0.15, -0.1) is 0 Å². The Morgan fingerprint density at radius 2 is 1.84 bits per heavy atom. The Morgan fingerprint density at radius 3 is 2.42 bits per heavy atom. The Labute approximate surface area is 115 Å². The van der Waals surface area contributed by atoms with E-state index in [4.69, 9.17) is 15.2 Å². The lowest BCUT2D eigenvalue weighted by atomic mass is 10.1. The molecule has 0 aliphatic carbocycles. The number of nitrogens with two attached hydrogens (primary N) is 1. The summed E-state index contributed by atoms with van der Waals surface area (Å²) in [6.45, 7) is 10.1. The normalized spacial score (nSPS) is 16.6. The molecule has 0 radical (unpaired) electrons. The van der Waals surface area contributed by atoms with Gasteiger partial charge < -0.3 is 15.2 Å². The molecule has 1 aromatic carbocycles. The zero-order valence-corrected chi connectivity index (χ0v) is 11.9. The largest absolute Gasteiger partial charge is 0.492 e. The topological polar surface area (TPSA) is 47.7 Å². The van der Waals surface area contributed by atoms with Gasteiger partial charge in [-0.1, -0.05) is 12.1 Å².